The molecule has 0 aromatic carbocycles. The molecule has 29 heavy (non-hydrogen) atoms. The zero-order chi connectivity index (χ0) is 21.4. The van der Waals surface area contributed by atoms with Crippen LogP contribution in [0, 0.1) is 5.41 Å². The molecule has 1 aromatic rings. The second-order valence-electron chi connectivity index (χ2n) is 8.39. The quantitative estimate of drug-likeness (QED) is 0.746. The molecule has 1 fully saturated rings. The fourth-order valence-corrected chi connectivity index (χ4v) is 2.98. The van der Waals surface area contributed by atoms with Crippen molar-refractivity contribution in [2.24, 2.45) is 10.4 Å². The van der Waals surface area contributed by atoms with E-state index in [1.54, 1.807) is 6.92 Å². The number of pyridine rings is 1. The first-order valence-corrected chi connectivity index (χ1v) is 9.44. The van der Waals surface area contributed by atoms with E-state index in [-0.39, 0.29) is 23.6 Å². The van der Waals surface area contributed by atoms with Gasteiger partial charge in [0.25, 0.3) is 5.91 Å². The molecule has 2 aliphatic rings. The number of ether oxygens (including phenoxy) is 1. The van der Waals surface area contributed by atoms with Gasteiger partial charge in [0, 0.05) is 17.8 Å². The lowest BCUT2D eigenvalue weighted by molar-refractivity contribution is -0.153. The van der Waals surface area contributed by atoms with Gasteiger partial charge < -0.3 is 10.1 Å². The van der Waals surface area contributed by atoms with Crippen molar-refractivity contribution in [2.45, 2.75) is 64.9 Å². The minimum Gasteiger partial charge on any atom is -0.484 e. The molecule has 1 aliphatic carbocycles. The number of amides is 1. The number of carbonyl (C=O) groups excluding carboxylic acids is 1. The van der Waals surface area contributed by atoms with Crippen LogP contribution in [0.3, 0.4) is 0 Å². The van der Waals surface area contributed by atoms with Crippen molar-refractivity contribution < 1.29 is 27.5 Å². The van der Waals surface area contributed by atoms with Crippen molar-refractivity contribution in [1.82, 2.24) is 15.8 Å². The first-order chi connectivity index (χ1) is 13.4. The number of alkyl halides is 3. The minimum absolute atomic E-state index is 0.0200. The van der Waals surface area contributed by atoms with Gasteiger partial charge >= 0.3 is 6.18 Å². The Morgan fingerprint density at radius 3 is 2.59 bits per heavy atom. The van der Waals surface area contributed by atoms with Gasteiger partial charge in [-0.05, 0) is 31.1 Å². The highest BCUT2D eigenvalue weighted by molar-refractivity contribution is 5.98. The zero-order valence-corrected chi connectivity index (χ0v) is 16.8. The van der Waals surface area contributed by atoms with Gasteiger partial charge in [0.1, 0.15) is 17.3 Å². The summed E-state index contributed by atoms with van der Waals surface area (Å²) in [6.07, 6.45) is -1.69. The average Bonchev–Trinajstić information content (AvgIpc) is 3.37. The van der Waals surface area contributed by atoms with E-state index < -0.39 is 30.1 Å². The molecule has 7 nitrogen and oxygen atoms in total. The number of aromatic nitrogens is 1. The summed E-state index contributed by atoms with van der Waals surface area (Å²) in [5.74, 6) is 0.112. The van der Waals surface area contributed by atoms with Gasteiger partial charge in [-0.15, -0.1) is 0 Å². The van der Waals surface area contributed by atoms with Crippen LogP contribution in [0.4, 0.5) is 13.2 Å². The number of rotatable bonds is 6. The van der Waals surface area contributed by atoms with Crippen LogP contribution in [0.25, 0.3) is 0 Å². The Hall–Kier alpha value is -2.36. The van der Waals surface area contributed by atoms with Crippen molar-refractivity contribution in [3.8, 4) is 5.75 Å². The number of halogens is 3. The first kappa shape index (κ1) is 21.4. The van der Waals surface area contributed by atoms with E-state index in [0.29, 0.717) is 11.4 Å². The highest BCUT2D eigenvalue weighted by atomic mass is 19.4. The van der Waals surface area contributed by atoms with Crippen LogP contribution < -0.4 is 15.5 Å². The van der Waals surface area contributed by atoms with E-state index in [1.807, 2.05) is 20.8 Å². The Morgan fingerprint density at radius 1 is 1.38 bits per heavy atom. The van der Waals surface area contributed by atoms with Crippen LogP contribution in [-0.4, -0.2) is 41.8 Å². The molecular formula is C19H25F3N4O3. The molecule has 160 valence electrons. The molecule has 2 N–H and O–H groups in total. The molecule has 1 saturated carbocycles. The summed E-state index contributed by atoms with van der Waals surface area (Å²) in [7, 11) is 0. The van der Waals surface area contributed by atoms with Crippen LogP contribution in [0.5, 0.6) is 5.75 Å². The van der Waals surface area contributed by atoms with E-state index in [1.165, 1.54) is 12.3 Å². The maximum Gasteiger partial charge on any atom is 0.422 e. The summed E-state index contributed by atoms with van der Waals surface area (Å²) in [5.41, 5.74) is 2.89. The fraction of sp³-hybridized carbons (Fsp3) is 0.632. The molecule has 0 saturated heterocycles. The maximum absolute atomic E-state index is 12.8. The summed E-state index contributed by atoms with van der Waals surface area (Å²) in [4.78, 5) is 26.5. The molecule has 0 spiro atoms. The zero-order valence-electron chi connectivity index (χ0n) is 16.8. The Labute approximate surface area is 167 Å². The van der Waals surface area contributed by atoms with Crippen LogP contribution in [0.1, 0.15) is 62.5 Å². The van der Waals surface area contributed by atoms with Gasteiger partial charge in [-0.2, -0.15) is 13.2 Å². The highest BCUT2D eigenvalue weighted by Gasteiger charge is 2.35. The lowest BCUT2D eigenvalue weighted by Gasteiger charge is -2.30. The van der Waals surface area contributed by atoms with E-state index in [9.17, 15) is 18.0 Å². The third-order valence-electron chi connectivity index (χ3n) is 4.61. The SMILES string of the molecule is CC1N=C(C(NC(=O)c2cc(OCC(F)(F)F)c(C3CC3)cn2)C(C)(C)C)NO1. The lowest BCUT2D eigenvalue weighted by atomic mass is 9.86. The lowest BCUT2D eigenvalue weighted by Crippen LogP contribution is -2.52. The van der Waals surface area contributed by atoms with Gasteiger partial charge in [0.05, 0.1) is 6.04 Å². The van der Waals surface area contributed by atoms with Gasteiger partial charge in [0.2, 0.25) is 0 Å². The smallest absolute Gasteiger partial charge is 0.422 e. The van der Waals surface area contributed by atoms with Crippen molar-refractivity contribution in [3.63, 3.8) is 0 Å². The van der Waals surface area contributed by atoms with E-state index in [0.717, 1.165) is 12.8 Å². The first-order valence-electron chi connectivity index (χ1n) is 9.44. The average molecular weight is 414 g/mol. The Bertz CT molecular complexity index is 801. The minimum atomic E-state index is -4.47. The number of hydrogen-bond donors (Lipinski definition) is 2. The maximum atomic E-state index is 12.8. The monoisotopic (exact) mass is 414 g/mol. The highest BCUT2D eigenvalue weighted by Crippen LogP contribution is 2.44. The van der Waals surface area contributed by atoms with Gasteiger partial charge in [0.15, 0.2) is 12.8 Å². The molecule has 1 aromatic heterocycles. The number of nitrogens with zero attached hydrogens (tertiary/aromatic N) is 2. The number of nitrogens with one attached hydrogen (secondary N) is 2. The van der Waals surface area contributed by atoms with Gasteiger partial charge in [-0.1, -0.05) is 20.8 Å². The molecule has 0 bridgehead atoms. The fourth-order valence-electron chi connectivity index (χ4n) is 2.98. The van der Waals surface area contributed by atoms with E-state index in [2.05, 4.69) is 20.8 Å². The molecular weight excluding hydrogens is 389 g/mol. The topological polar surface area (TPSA) is 84.8 Å². The van der Waals surface area contributed by atoms with Gasteiger partial charge in [-0.3, -0.25) is 9.78 Å². The summed E-state index contributed by atoms with van der Waals surface area (Å²) in [5, 5.41) is 2.85. The molecule has 0 radical (unpaired) electrons. The number of carbonyl (C=O) groups is 1. The van der Waals surface area contributed by atoms with E-state index >= 15 is 0 Å². The molecule has 2 atom stereocenters. The van der Waals surface area contributed by atoms with Crippen LogP contribution in [0.15, 0.2) is 17.3 Å². The second-order valence-corrected chi connectivity index (χ2v) is 8.39. The molecule has 1 aliphatic heterocycles. The summed E-state index contributed by atoms with van der Waals surface area (Å²) in [6.45, 7) is 6.11. The normalized spacial score (nSPS) is 20.7. The number of amidine groups is 1. The van der Waals surface area contributed by atoms with Crippen molar-refractivity contribution in [3.05, 3.63) is 23.5 Å². The van der Waals surface area contributed by atoms with E-state index in [4.69, 9.17) is 9.57 Å². The molecule has 10 heteroatoms. The second kappa shape index (κ2) is 7.81. The third-order valence-corrected chi connectivity index (χ3v) is 4.61. The summed E-state index contributed by atoms with van der Waals surface area (Å²) in [6, 6.07) is 0.765. The molecule has 3 rings (SSSR count). The number of aliphatic imine (C=N–C) groups is 1. The Kier molecular flexibility index (Phi) is 5.75. The van der Waals surface area contributed by atoms with Crippen LogP contribution >= 0.6 is 0 Å². The molecule has 1 amide bonds. The number of hydrogen-bond acceptors (Lipinski definition) is 6. The Morgan fingerprint density at radius 2 is 2.07 bits per heavy atom. The largest absolute Gasteiger partial charge is 0.484 e. The van der Waals surface area contributed by atoms with Crippen molar-refractivity contribution in [2.75, 3.05) is 6.61 Å². The van der Waals surface area contributed by atoms with Crippen molar-refractivity contribution in [1.29, 1.82) is 0 Å². The third kappa shape index (κ3) is 5.59. The van der Waals surface area contributed by atoms with Crippen LogP contribution in [0.2, 0.25) is 0 Å². The predicted octanol–water partition coefficient (Wildman–Crippen LogP) is 3.32. The van der Waals surface area contributed by atoms with Crippen LogP contribution in [-0.2, 0) is 4.84 Å². The molecule has 2 unspecified atom stereocenters. The Balaban J connectivity index is 1.81. The van der Waals surface area contributed by atoms with Gasteiger partial charge in [-0.25, -0.2) is 15.3 Å². The predicted molar refractivity (Wildman–Crippen MR) is 99.6 cm³/mol. The standard InChI is InChI=1S/C19H25F3N4O3/c1-10-24-16(26-29-10)15(18(2,3)4)25-17(27)13-7-14(28-9-19(20,21)22)12(8-23-13)11-5-6-11/h7-8,10-11,15H,5-6,9H2,1-4H3,(H,24,26)(H,25,27). The summed E-state index contributed by atoms with van der Waals surface area (Å²) >= 11 is 0. The van der Waals surface area contributed by atoms with Crippen molar-refractivity contribution >= 4 is 11.7 Å². The summed E-state index contributed by atoms with van der Waals surface area (Å²) < 4.78 is 42.8. The molecule has 2 heterocycles. The number of hydroxylamine groups is 1.